The Kier molecular flexibility index (Phi) is 3.76. The van der Waals surface area contributed by atoms with Crippen LogP contribution in [-0.2, 0) is 4.79 Å². The maximum Gasteiger partial charge on any atom is 0.223 e. The van der Waals surface area contributed by atoms with Crippen LogP contribution in [0, 0.1) is 11.3 Å². The van der Waals surface area contributed by atoms with Crippen molar-refractivity contribution in [3.63, 3.8) is 0 Å². The molecule has 0 aromatic carbocycles. The summed E-state index contributed by atoms with van der Waals surface area (Å²) in [7, 11) is 0. The van der Waals surface area contributed by atoms with Crippen molar-refractivity contribution in [2.45, 2.75) is 52.5 Å². The Morgan fingerprint density at radius 1 is 1.18 bits per heavy atom. The lowest BCUT2D eigenvalue weighted by Gasteiger charge is -2.36. The molecule has 1 amide bonds. The second-order valence-corrected chi connectivity index (χ2v) is 6.89. The molecule has 1 saturated carbocycles. The normalized spacial score (nSPS) is 23.7. The van der Waals surface area contributed by atoms with Crippen LogP contribution < -0.4 is 5.32 Å². The van der Waals surface area contributed by atoms with E-state index in [2.05, 4.69) is 31.0 Å². The van der Waals surface area contributed by atoms with Crippen molar-refractivity contribution in [3.8, 4) is 0 Å². The van der Waals surface area contributed by atoms with Crippen molar-refractivity contribution in [1.29, 1.82) is 0 Å². The first-order valence-corrected chi connectivity index (χ1v) is 6.97. The van der Waals surface area contributed by atoms with Gasteiger partial charge in [0.05, 0.1) is 0 Å². The molecule has 0 aromatic rings. The molecule has 3 heteroatoms. The highest BCUT2D eigenvalue weighted by molar-refractivity contribution is 5.81. The third-order valence-corrected chi connectivity index (χ3v) is 3.58. The maximum absolute atomic E-state index is 11.7. The van der Waals surface area contributed by atoms with E-state index in [1.165, 1.54) is 0 Å². The van der Waals surface area contributed by atoms with E-state index < -0.39 is 0 Å². The SMILES string of the molecule is CC(C)(C)CN1CCC(NC(=O)C2CC2)CC1. The number of carbonyl (C=O) groups is 1. The molecule has 2 fully saturated rings. The number of hydrogen-bond acceptors (Lipinski definition) is 2. The molecule has 3 nitrogen and oxygen atoms in total. The molecule has 17 heavy (non-hydrogen) atoms. The average Bonchev–Trinajstić information content (AvgIpc) is 3.02. The molecule has 1 N–H and O–H groups in total. The van der Waals surface area contributed by atoms with Crippen LogP contribution in [0.3, 0.4) is 0 Å². The number of nitrogens with one attached hydrogen (secondary N) is 1. The van der Waals surface area contributed by atoms with Crippen LogP contribution in [0.25, 0.3) is 0 Å². The standard InChI is InChI=1S/C14H26N2O/c1-14(2,3)10-16-8-6-12(7-9-16)15-13(17)11-4-5-11/h11-12H,4-10H2,1-3H3,(H,15,17). The first kappa shape index (κ1) is 12.9. The van der Waals surface area contributed by atoms with Gasteiger partial charge in [0.25, 0.3) is 0 Å². The summed E-state index contributed by atoms with van der Waals surface area (Å²) in [4.78, 5) is 14.2. The van der Waals surface area contributed by atoms with Crippen LogP contribution in [0.1, 0.15) is 46.5 Å². The predicted octanol–water partition coefficient (Wildman–Crippen LogP) is 2.02. The van der Waals surface area contributed by atoms with Crippen molar-refractivity contribution >= 4 is 5.91 Å². The molecule has 0 spiro atoms. The summed E-state index contributed by atoms with van der Waals surface area (Å²) in [5.74, 6) is 0.655. The first-order valence-electron chi connectivity index (χ1n) is 6.97. The molecule has 2 aliphatic rings. The Labute approximate surface area is 105 Å². The zero-order valence-corrected chi connectivity index (χ0v) is 11.5. The summed E-state index contributed by atoms with van der Waals surface area (Å²) in [5.41, 5.74) is 0.379. The minimum absolute atomic E-state index is 0.305. The number of hydrogen-bond donors (Lipinski definition) is 1. The van der Waals surface area contributed by atoms with Crippen molar-refractivity contribution in [2.75, 3.05) is 19.6 Å². The summed E-state index contributed by atoms with van der Waals surface area (Å²) < 4.78 is 0. The number of nitrogens with zero attached hydrogens (tertiary/aromatic N) is 1. The number of piperidine rings is 1. The molecular formula is C14H26N2O. The molecule has 1 aliphatic carbocycles. The van der Waals surface area contributed by atoms with Gasteiger partial charge in [0, 0.05) is 31.6 Å². The topological polar surface area (TPSA) is 32.3 Å². The molecule has 0 atom stereocenters. The van der Waals surface area contributed by atoms with Gasteiger partial charge in [-0.15, -0.1) is 0 Å². The molecule has 0 radical (unpaired) electrons. The number of carbonyl (C=O) groups excluding carboxylic acids is 1. The second kappa shape index (κ2) is 4.97. The highest BCUT2D eigenvalue weighted by atomic mass is 16.2. The average molecular weight is 238 g/mol. The number of likely N-dealkylation sites (tertiary alicyclic amines) is 1. The van der Waals surface area contributed by atoms with E-state index in [0.717, 1.165) is 45.3 Å². The number of amides is 1. The lowest BCUT2D eigenvalue weighted by atomic mass is 9.94. The summed E-state index contributed by atoms with van der Waals surface area (Å²) in [6.07, 6.45) is 4.45. The van der Waals surface area contributed by atoms with Crippen LogP contribution >= 0.6 is 0 Å². The largest absolute Gasteiger partial charge is 0.353 e. The van der Waals surface area contributed by atoms with E-state index in [1.807, 2.05) is 0 Å². The third kappa shape index (κ3) is 4.30. The Bertz CT molecular complexity index is 270. The summed E-state index contributed by atoms with van der Waals surface area (Å²) >= 11 is 0. The molecule has 0 bridgehead atoms. The lowest BCUT2D eigenvalue weighted by Crippen LogP contribution is -2.46. The Morgan fingerprint density at radius 2 is 1.76 bits per heavy atom. The van der Waals surface area contributed by atoms with Crippen molar-refractivity contribution in [2.24, 2.45) is 11.3 Å². The second-order valence-electron chi connectivity index (χ2n) is 6.89. The summed E-state index contributed by atoms with van der Waals surface area (Å²) in [6.45, 7) is 10.3. The molecule has 2 rings (SSSR count). The fraction of sp³-hybridized carbons (Fsp3) is 0.929. The van der Waals surface area contributed by atoms with Crippen molar-refractivity contribution in [1.82, 2.24) is 10.2 Å². The Morgan fingerprint density at radius 3 is 2.24 bits per heavy atom. The lowest BCUT2D eigenvalue weighted by molar-refractivity contribution is -0.123. The van der Waals surface area contributed by atoms with Crippen LogP contribution in [0.5, 0.6) is 0 Å². The van der Waals surface area contributed by atoms with Gasteiger partial charge >= 0.3 is 0 Å². The third-order valence-electron chi connectivity index (χ3n) is 3.58. The summed E-state index contributed by atoms with van der Waals surface area (Å²) in [5, 5.41) is 3.20. The maximum atomic E-state index is 11.7. The zero-order valence-electron chi connectivity index (χ0n) is 11.5. The van der Waals surface area contributed by atoms with Crippen molar-refractivity contribution in [3.05, 3.63) is 0 Å². The fourth-order valence-corrected chi connectivity index (χ4v) is 2.57. The minimum atomic E-state index is 0.305. The van der Waals surface area contributed by atoms with E-state index in [4.69, 9.17) is 0 Å². The first-order chi connectivity index (χ1) is 7.94. The van der Waals surface area contributed by atoms with Gasteiger partial charge < -0.3 is 10.2 Å². The predicted molar refractivity (Wildman–Crippen MR) is 69.8 cm³/mol. The van der Waals surface area contributed by atoms with E-state index in [1.54, 1.807) is 0 Å². The van der Waals surface area contributed by atoms with Gasteiger partial charge in [0.2, 0.25) is 5.91 Å². The van der Waals surface area contributed by atoms with Gasteiger partial charge in [-0.05, 0) is 31.1 Å². The van der Waals surface area contributed by atoms with Crippen LogP contribution in [0.15, 0.2) is 0 Å². The Balaban J connectivity index is 1.68. The van der Waals surface area contributed by atoms with E-state index >= 15 is 0 Å². The van der Waals surface area contributed by atoms with Gasteiger partial charge in [-0.3, -0.25) is 4.79 Å². The van der Waals surface area contributed by atoms with Gasteiger partial charge in [-0.2, -0.15) is 0 Å². The van der Waals surface area contributed by atoms with Gasteiger partial charge in [-0.25, -0.2) is 0 Å². The van der Waals surface area contributed by atoms with E-state index in [0.29, 0.717) is 23.3 Å². The molecule has 1 heterocycles. The van der Waals surface area contributed by atoms with Crippen LogP contribution in [0.4, 0.5) is 0 Å². The zero-order chi connectivity index (χ0) is 12.5. The van der Waals surface area contributed by atoms with Crippen LogP contribution in [-0.4, -0.2) is 36.5 Å². The van der Waals surface area contributed by atoms with Crippen molar-refractivity contribution < 1.29 is 4.79 Å². The number of rotatable bonds is 3. The molecule has 0 unspecified atom stereocenters. The molecule has 1 saturated heterocycles. The van der Waals surface area contributed by atoms with Gasteiger partial charge in [0.15, 0.2) is 0 Å². The monoisotopic (exact) mass is 238 g/mol. The highest BCUT2D eigenvalue weighted by Gasteiger charge is 2.32. The Hall–Kier alpha value is -0.570. The van der Waals surface area contributed by atoms with E-state index in [9.17, 15) is 4.79 Å². The minimum Gasteiger partial charge on any atom is -0.353 e. The quantitative estimate of drug-likeness (QED) is 0.816. The van der Waals surface area contributed by atoms with E-state index in [-0.39, 0.29) is 0 Å². The van der Waals surface area contributed by atoms with Gasteiger partial charge in [0.1, 0.15) is 0 Å². The smallest absolute Gasteiger partial charge is 0.223 e. The molecular weight excluding hydrogens is 212 g/mol. The highest BCUT2D eigenvalue weighted by Crippen LogP contribution is 2.29. The fourth-order valence-electron chi connectivity index (χ4n) is 2.57. The summed E-state index contributed by atoms with van der Waals surface area (Å²) in [6, 6.07) is 0.430. The van der Waals surface area contributed by atoms with Gasteiger partial charge in [-0.1, -0.05) is 20.8 Å². The molecule has 1 aliphatic heterocycles. The van der Waals surface area contributed by atoms with Crippen LogP contribution in [0.2, 0.25) is 0 Å². The molecule has 0 aromatic heterocycles. The molecule has 98 valence electrons.